The van der Waals surface area contributed by atoms with E-state index in [9.17, 15) is 8.42 Å². The lowest BCUT2D eigenvalue weighted by Gasteiger charge is -2.48. The highest BCUT2D eigenvalue weighted by atomic mass is 32.2. The molecular weight excluding hydrogens is 284 g/mol. The molecule has 21 heavy (non-hydrogen) atoms. The average Bonchev–Trinajstić information content (AvgIpc) is 2.85. The Morgan fingerprint density at radius 2 is 1.90 bits per heavy atom. The van der Waals surface area contributed by atoms with Crippen molar-refractivity contribution in [3.63, 3.8) is 0 Å². The second-order valence-electron chi connectivity index (χ2n) is 6.42. The van der Waals surface area contributed by atoms with E-state index in [2.05, 4.69) is 35.9 Å². The number of hydrogen-bond acceptors (Lipinski definition) is 3. The molecule has 5 heteroatoms. The number of aryl methyl sites for hydroxylation is 1. The van der Waals surface area contributed by atoms with Gasteiger partial charge in [-0.3, -0.25) is 0 Å². The summed E-state index contributed by atoms with van der Waals surface area (Å²) in [5.41, 5.74) is 1.92. The lowest BCUT2D eigenvalue weighted by molar-refractivity contribution is 0.234. The molecule has 3 rings (SSSR count). The fourth-order valence-electron chi connectivity index (χ4n) is 3.34. The van der Waals surface area contributed by atoms with Gasteiger partial charge in [-0.05, 0) is 31.4 Å². The van der Waals surface area contributed by atoms with Crippen LogP contribution in [0.15, 0.2) is 46.4 Å². The summed E-state index contributed by atoms with van der Waals surface area (Å²) in [5, 5.41) is 4.23. The molecule has 2 atom stereocenters. The molecule has 1 N–H and O–H groups in total. The maximum atomic E-state index is 12.3. The normalized spacial score (nSPS) is 28.2. The first-order valence-electron chi connectivity index (χ1n) is 7.15. The van der Waals surface area contributed by atoms with E-state index >= 15 is 0 Å². The molecule has 1 saturated carbocycles. The molecule has 1 fully saturated rings. The van der Waals surface area contributed by atoms with Crippen molar-refractivity contribution in [2.75, 3.05) is 0 Å². The quantitative estimate of drug-likeness (QED) is 0.689. The van der Waals surface area contributed by atoms with Crippen molar-refractivity contribution < 1.29 is 8.42 Å². The third-order valence-electron chi connectivity index (χ3n) is 4.63. The fraction of sp³-hybridized carbons (Fsp3) is 0.438. The van der Waals surface area contributed by atoms with Crippen molar-refractivity contribution in [3.8, 4) is 0 Å². The van der Waals surface area contributed by atoms with Crippen LogP contribution in [0.5, 0.6) is 0 Å². The number of rotatable bonds is 3. The first-order valence-corrected chi connectivity index (χ1v) is 8.64. The molecule has 4 nitrogen and oxygen atoms in total. The standard InChI is InChI=1S/C16H20N2O2S/c1-11-7-9-12(10-8-11)21(19,20)18-17-15-13-5-4-6-14(13)16(15,2)3/h4,6-10,13-14,18H,5H2,1-3H3/b17-15+/t13-,14-/m1/s1. The van der Waals surface area contributed by atoms with Crippen molar-refractivity contribution >= 4 is 15.7 Å². The van der Waals surface area contributed by atoms with Crippen LogP contribution >= 0.6 is 0 Å². The Bertz CT molecular complexity index is 715. The van der Waals surface area contributed by atoms with Crippen LogP contribution in [0.4, 0.5) is 0 Å². The zero-order valence-electron chi connectivity index (χ0n) is 12.5. The molecule has 0 radical (unpaired) electrons. The maximum absolute atomic E-state index is 12.3. The second kappa shape index (κ2) is 4.70. The fourth-order valence-corrected chi connectivity index (χ4v) is 4.15. The lowest BCUT2D eigenvalue weighted by atomic mass is 9.55. The number of sulfonamides is 1. The van der Waals surface area contributed by atoms with E-state index in [1.54, 1.807) is 24.3 Å². The maximum Gasteiger partial charge on any atom is 0.276 e. The predicted octanol–water partition coefficient (Wildman–Crippen LogP) is 2.86. The molecule has 0 saturated heterocycles. The first kappa shape index (κ1) is 14.3. The van der Waals surface area contributed by atoms with Gasteiger partial charge in [-0.15, -0.1) is 0 Å². The molecule has 1 aromatic rings. The summed E-state index contributed by atoms with van der Waals surface area (Å²) in [6.45, 7) is 6.15. The molecule has 2 aliphatic rings. The Morgan fingerprint density at radius 1 is 1.24 bits per heavy atom. The predicted molar refractivity (Wildman–Crippen MR) is 83.5 cm³/mol. The Kier molecular flexibility index (Phi) is 3.20. The van der Waals surface area contributed by atoms with Crippen molar-refractivity contribution in [2.24, 2.45) is 22.4 Å². The minimum atomic E-state index is -3.59. The number of hydrogen-bond donors (Lipinski definition) is 1. The largest absolute Gasteiger partial charge is 0.276 e. The van der Waals surface area contributed by atoms with Gasteiger partial charge in [0.2, 0.25) is 0 Å². The third kappa shape index (κ3) is 2.29. The van der Waals surface area contributed by atoms with Crippen LogP contribution in [-0.2, 0) is 10.0 Å². The zero-order valence-corrected chi connectivity index (χ0v) is 13.3. The van der Waals surface area contributed by atoms with Crippen LogP contribution in [0.1, 0.15) is 25.8 Å². The third-order valence-corrected chi connectivity index (χ3v) is 5.85. The number of hydrazone groups is 1. The number of nitrogens with zero attached hydrogens (tertiary/aromatic N) is 1. The van der Waals surface area contributed by atoms with Crippen molar-refractivity contribution in [1.29, 1.82) is 0 Å². The van der Waals surface area contributed by atoms with Gasteiger partial charge < -0.3 is 0 Å². The summed E-state index contributed by atoms with van der Waals surface area (Å²) in [4.78, 5) is 2.64. The van der Waals surface area contributed by atoms with E-state index < -0.39 is 10.0 Å². The highest BCUT2D eigenvalue weighted by molar-refractivity contribution is 7.89. The molecule has 0 unspecified atom stereocenters. The van der Waals surface area contributed by atoms with Crippen LogP contribution in [-0.4, -0.2) is 14.1 Å². The number of nitrogens with one attached hydrogen (secondary N) is 1. The van der Waals surface area contributed by atoms with E-state index in [-0.39, 0.29) is 10.3 Å². The number of benzene rings is 1. The van der Waals surface area contributed by atoms with Crippen LogP contribution in [0.25, 0.3) is 0 Å². The number of allylic oxidation sites excluding steroid dienone is 2. The molecule has 0 amide bonds. The van der Waals surface area contributed by atoms with Crippen LogP contribution in [0, 0.1) is 24.2 Å². The van der Waals surface area contributed by atoms with Gasteiger partial charge in [-0.1, -0.05) is 43.7 Å². The molecule has 0 spiro atoms. The summed E-state index contributed by atoms with van der Waals surface area (Å²) in [6.07, 6.45) is 5.34. The van der Waals surface area contributed by atoms with Crippen molar-refractivity contribution in [1.82, 2.24) is 4.83 Å². The van der Waals surface area contributed by atoms with E-state index in [0.29, 0.717) is 11.8 Å². The lowest BCUT2D eigenvalue weighted by Crippen LogP contribution is -2.52. The minimum absolute atomic E-state index is 0.0620. The van der Waals surface area contributed by atoms with Crippen LogP contribution < -0.4 is 4.83 Å². The molecule has 112 valence electrons. The van der Waals surface area contributed by atoms with Crippen LogP contribution in [0.3, 0.4) is 0 Å². The van der Waals surface area contributed by atoms with E-state index in [0.717, 1.165) is 17.7 Å². The molecule has 1 aromatic carbocycles. The van der Waals surface area contributed by atoms with Crippen molar-refractivity contribution in [2.45, 2.75) is 32.1 Å². The Balaban J connectivity index is 1.81. The van der Waals surface area contributed by atoms with Gasteiger partial charge in [-0.25, -0.2) is 4.83 Å². The second-order valence-corrected chi connectivity index (χ2v) is 8.08. The molecule has 0 aromatic heterocycles. The Morgan fingerprint density at radius 3 is 2.57 bits per heavy atom. The minimum Gasteiger partial charge on any atom is -0.200 e. The summed E-state index contributed by atoms with van der Waals surface area (Å²) in [7, 11) is -3.59. The van der Waals surface area contributed by atoms with E-state index in [4.69, 9.17) is 0 Å². The van der Waals surface area contributed by atoms with Gasteiger partial charge >= 0.3 is 0 Å². The van der Waals surface area contributed by atoms with Gasteiger partial charge in [0.05, 0.1) is 4.90 Å². The van der Waals surface area contributed by atoms with Gasteiger partial charge in [0.1, 0.15) is 0 Å². The monoisotopic (exact) mass is 304 g/mol. The molecule has 0 heterocycles. The van der Waals surface area contributed by atoms with Gasteiger partial charge in [0.15, 0.2) is 0 Å². The summed E-state index contributed by atoms with van der Waals surface area (Å²) >= 11 is 0. The SMILES string of the molecule is Cc1ccc(S(=O)(=O)N/N=C2\[C@@H]3CC=C[C@H]3C2(C)C)cc1. The van der Waals surface area contributed by atoms with Gasteiger partial charge in [0, 0.05) is 17.0 Å². The molecule has 0 bridgehead atoms. The summed E-state index contributed by atoms with van der Waals surface area (Å²) in [5.74, 6) is 0.848. The molecular formula is C16H20N2O2S. The van der Waals surface area contributed by atoms with Gasteiger partial charge in [0.25, 0.3) is 10.0 Å². The zero-order chi connectivity index (χ0) is 15.3. The highest BCUT2D eigenvalue weighted by Crippen LogP contribution is 2.53. The van der Waals surface area contributed by atoms with Crippen molar-refractivity contribution in [3.05, 3.63) is 42.0 Å². The Hall–Kier alpha value is -1.62. The smallest absolute Gasteiger partial charge is 0.200 e. The molecule has 0 aliphatic heterocycles. The Labute approximate surface area is 126 Å². The molecule has 2 aliphatic carbocycles. The highest BCUT2D eigenvalue weighted by Gasteiger charge is 2.53. The van der Waals surface area contributed by atoms with Gasteiger partial charge in [-0.2, -0.15) is 13.5 Å². The number of fused-ring (bicyclic) bond motifs is 1. The van der Waals surface area contributed by atoms with E-state index in [1.165, 1.54) is 0 Å². The topological polar surface area (TPSA) is 58.5 Å². The average molecular weight is 304 g/mol. The summed E-state index contributed by atoms with van der Waals surface area (Å²) < 4.78 is 24.5. The van der Waals surface area contributed by atoms with E-state index in [1.807, 2.05) is 6.92 Å². The first-order chi connectivity index (χ1) is 9.82. The van der Waals surface area contributed by atoms with Crippen LogP contribution in [0.2, 0.25) is 0 Å². The summed E-state index contributed by atoms with van der Waals surface area (Å²) in [6, 6.07) is 6.77.